The minimum absolute atomic E-state index is 0.115. The number of fused-ring (bicyclic) bond motifs is 1. The number of rotatable bonds is 4. The molecule has 1 aromatic heterocycles. The lowest BCUT2D eigenvalue weighted by molar-refractivity contribution is 0.0940. The van der Waals surface area contributed by atoms with Crippen molar-refractivity contribution in [3.05, 3.63) is 47.2 Å². The van der Waals surface area contributed by atoms with Crippen LogP contribution in [0.2, 0.25) is 0 Å². The highest BCUT2D eigenvalue weighted by molar-refractivity contribution is 5.96. The quantitative estimate of drug-likeness (QED) is 0.896. The largest absolute Gasteiger partial charge is 0.493 e. The summed E-state index contributed by atoms with van der Waals surface area (Å²) >= 11 is 0. The molecule has 0 aliphatic carbocycles. The van der Waals surface area contributed by atoms with Crippen LogP contribution in [0.1, 0.15) is 34.7 Å². The van der Waals surface area contributed by atoms with E-state index in [0.717, 1.165) is 43.7 Å². The van der Waals surface area contributed by atoms with E-state index in [1.807, 2.05) is 6.92 Å². The fourth-order valence-corrected chi connectivity index (χ4v) is 3.78. The van der Waals surface area contributed by atoms with E-state index in [4.69, 9.17) is 4.74 Å². The van der Waals surface area contributed by atoms with Crippen molar-refractivity contribution >= 4 is 11.7 Å². The molecule has 142 valence electrons. The molecule has 7 heteroatoms. The summed E-state index contributed by atoms with van der Waals surface area (Å²) in [7, 11) is 0. The van der Waals surface area contributed by atoms with E-state index in [0.29, 0.717) is 36.3 Å². The number of benzene rings is 1. The molecule has 2 aromatic rings. The van der Waals surface area contributed by atoms with Gasteiger partial charge in [-0.05, 0) is 50.5 Å². The summed E-state index contributed by atoms with van der Waals surface area (Å²) < 4.78 is 18.9. The molecule has 1 unspecified atom stereocenters. The van der Waals surface area contributed by atoms with Gasteiger partial charge in [0, 0.05) is 31.1 Å². The van der Waals surface area contributed by atoms with Gasteiger partial charge < -0.3 is 15.0 Å². The van der Waals surface area contributed by atoms with Crippen LogP contribution in [0.5, 0.6) is 5.75 Å². The first-order chi connectivity index (χ1) is 13.1. The van der Waals surface area contributed by atoms with Gasteiger partial charge in [0.05, 0.1) is 6.61 Å². The molecule has 3 heterocycles. The molecule has 2 aliphatic heterocycles. The SMILES string of the molecule is Cc1nc2c(c(N3CCCC(COc4ccc(F)cc4)C3)n1)CCNC2=O. The lowest BCUT2D eigenvalue weighted by Crippen LogP contribution is -2.41. The van der Waals surface area contributed by atoms with Crippen molar-refractivity contribution in [2.75, 3.05) is 31.1 Å². The molecule has 2 aliphatic rings. The van der Waals surface area contributed by atoms with Crippen LogP contribution >= 0.6 is 0 Å². The first kappa shape index (κ1) is 17.7. The van der Waals surface area contributed by atoms with Gasteiger partial charge in [-0.1, -0.05) is 0 Å². The summed E-state index contributed by atoms with van der Waals surface area (Å²) in [6, 6.07) is 6.12. The molecule has 0 bridgehead atoms. The first-order valence-corrected chi connectivity index (χ1v) is 9.39. The number of nitrogens with one attached hydrogen (secondary N) is 1. The number of halogens is 1. The van der Waals surface area contributed by atoms with Gasteiger partial charge in [0.25, 0.3) is 5.91 Å². The van der Waals surface area contributed by atoms with Gasteiger partial charge in [-0.3, -0.25) is 4.79 Å². The minimum atomic E-state index is -0.265. The highest BCUT2D eigenvalue weighted by atomic mass is 19.1. The number of carbonyl (C=O) groups is 1. The number of nitrogens with zero attached hydrogens (tertiary/aromatic N) is 3. The fourth-order valence-electron chi connectivity index (χ4n) is 3.78. The number of aromatic nitrogens is 2. The predicted molar refractivity (Wildman–Crippen MR) is 99.6 cm³/mol. The topological polar surface area (TPSA) is 67.3 Å². The number of piperidine rings is 1. The van der Waals surface area contributed by atoms with Gasteiger partial charge in [0.15, 0.2) is 0 Å². The summed E-state index contributed by atoms with van der Waals surface area (Å²) in [6.45, 7) is 4.76. The van der Waals surface area contributed by atoms with Crippen LogP contribution in [0.4, 0.5) is 10.2 Å². The lowest BCUT2D eigenvalue weighted by atomic mass is 9.97. The van der Waals surface area contributed by atoms with Crippen molar-refractivity contribution < 1.29 is 13.9 Å². The van der Waals surface area contributed by atoms with Crippen molar-refractivity contribution in [2.45, 2.75) is 26.2 Å². The zero-order valence-corrected chi connectivity index (χ0v) is 15.4. The van der Waals surface area contributed by atoms with E-state index in [-0.39, 0.29) is 11.7 Å². The summed E-state index contributed by atoms with van der Waals surface area (Å²) in [5.41, 5.74) is 1.46. The van der Waals surface area contributed by atoms with Crippen LogP contribution in [0.3, 0.4) is 0 Å². The average Bonchev–Trinajstić information content (AvgIpc) is 2.68. The van der Waals surface area contributed by atoms with Gasteiger partial charge >= 0.3 is 0 Å². The van der Waals surface area contributed by atoms with E-state index < -0.39 is 0 Å². The summed E-state index contributed by atoms with van der Waals surface area (Å²) in [6.07, 6.45) is 2.87. The highest BCUT2D eigenvalue weighted by Gasteiger charge is 2.28. The van der Waals surface area contributed by atoms with Crippen LogP contribution in [-0.4, -0.2) is 42.1 Å². The van der Waals surface area contributed by atoms with Crippen molar-refractivity contribution in [3.8, 4) is 5.75 Å². The van der Waals surface area contributed by atoms with E-state index in [2.05, 4.69) is 20.2 Å². The van der Waals surface area contributed by atoms with E-state index in [1.165, 1.54) is 12.1 Å². The molecule has 6 nitrogen and oxygen atoms in total. The second-order valence-electron chi connectivity index (χ2n) is 7.15. The predicted octanol–water partition coefficient (Wildman–Crippen LogP) is 2.51. The van der Waals surface area contributed by atoms with Gasteiger partial charge in [-0.15, -0.1) is 0 Å². The Morgan fingerprint density at radius 3 is 2.93 bits per heavy atom. The first-order valence-electron chi connectivity index (χ1n) is 9.39. The molecule has 1 saturated heterocycles. The van der Waals surface area contributed by atoms with Crippen molar-refractivity contribution in [1.29, 1.82) is 0 Å². The molecule has 4 rings (SSSR count). The maximum absolute atomic E-state index is 13.0. The van der Waals surface area contributed by atoms with E-state index in [9.17, 15) is 9.18 Å². The molecule has 1 fully saturated rings. The smallest absolute Gasteiger partial charge is 0.270 e. The average molecular weight is 370 g/mol. The van der Waals surface area contributed by atoms with Crippen molar-refractivity contribution in [3.63, 3.8) is 0 Å². The summed E-state index contributed by atoms with van der Waals surface area (Å²) in [5.74, 6) is 2.16. The molecule has 1 aromatic carbocycles. The molecular formula is C20H23FN4O2. The molecule has 27 heavy (non-hydrogen) atoms. The number of anilines is 1. The monoisotopic (exact) mass is 370 g/mol. The Bertz CT molecular complexity index is 841. The number of aryl methyl sites for hydroxylation is 1. The number of hydrogen-bond donors (Lipinski definition) is 1. The Hall–Kier alpha value is -2.70. The Labute approximate surface area is 157 Å². The number of ether oxygens (including phenoxy) is 1. The van der Waals surface area contributed by atoms with Crippen LogP contribution in [0, 0.1) is 18.7 Å². The standard InChI is InChI=1S/C20H23FN4O2/c1-13-23-18-17(8-9-22-20(18)26)19(24-13)25-10-2-3-14(11-25)12-27-16-6-4-15(21)5-7-16/h4-7,14H,2-3,8-12H2,1H3,(H,22,26). The Kier molecular flexibility index (Phi) is 4.92. The third-order valence-electron chi connectivity index (χ3n) is 5.09. The lowest BCUT2D eigenvalue weighted by Gasteiger charge is -2.35. The third kappa shape index (κ3) is 3.86. The maximum Gasteiger partial charge on any atom is 0.270 e. The Morgan fingerprint density at radius 1 is 1.30 bits per heavy atom. The Balaban J connectivity index is 1.48. The van der Waals surface area contributed by atoms with E-state index in [1.54, 1.807) is 12.1 Å². The third-order valence-corrected chi connectivity index (χ3v) is 5.09. The van der Waals surface area contributed by atoms with Crippen LogP contribution < -0.4 is 15.0 Å². The number of carbonyl (C=O) groups excluding carboxylic acids is 1. The summed E-state index contributed by atoms with van der Waals surface area (Å²) in [5, 5.41) is 2.85. The second-order valence-corrected chi connectivity index (χ2v) is 7.15. The van der Waals surface area contributed by atoms with Crippen molar-refractivity contribution in [2.24, 2.45) is 5.92 Å². The zero-order valence-electron chi connectivity index (χ0n) is 15.4. The molecule has 1 atom stereocenters. The molecule has 1 amide bonds. The van der Waals surface area contributed by atoms with Gasteiger partial charge in [0.1, 0.15) is 28.9 Å². The second kappa shape index (κ2) is 7.50. The molecule has 0 saturated carbocycles. The summed E-state index contributed by atoms with van der Waals surface area (Å²) in [4.78, 5) is 23.4. The molecule has 1 N–H and O–H groups in total. The van der Waals surface area contributed by atoms with E-state index >= 15 is 0 Å². The van der Waals surface area contributed by atoms with Crippen LogP contribution in [-0.2, 0) is 6.42 Å². The fraction of sp³-hybridized carbons (Fsp3) is 0.450. The van der Waals surface area contributed by atoms with Gasteiger partial charge in [-0.2, -0.15) is 0 Å². The normalized spacial score (nSPS) is 19.4. The van der Waals surface area contributed by atoms with Crippen molar-refractivity contribution in [1.82, 2.24) is 15.3 Å². The maximum atomic E-state index is 13.0. The molecular weight excluding hydrogens is 347 g/mol. The van der Waals surface area contributed by atoms with Gasteiger partial charge in [0.2, 0.25) is 0 Å². The number of amides is 1. The molecule has 0 spiro atoms. The van der Waals surface area contributed by atoms with Crippen LogP contribution in [0.15, 0.2) is 24.3 Å². The Morgan fingerprint density at radius 2 is 2.11 bits per heavy atom. The highest BCUT2D eigenvalue weighted by Crippen LogP contribution is 2.28. The number of hydrogen-bond acceptors (Lipinski definition) is 5. The minimum Gasteiger partial charge on any atom is -0.493 e. The van der Waals surface area contributed by atoms with Gasteiger partial charge in [-0.25, -0.2) is 14.4 Å². The van der Waals surface area contributed by atoms with Crippen LogP contribution in [0.25, 0.3) is 0 Å². The zero-order chi connectivity index (χ0) is 18.8. The molecule has 0 radical (unpaired) electrons.